The number of nitrogens with zero attached hydrogens (tertiary/aromatic N) is 1. The Morgan fingerprint density at radius 3 is 2.17 bits per heavy atom. The first-order chi connectivity index (χ1) is 19.1. The molecule has 10 heteroatoms. The molecule has 41 heavy (non-hydrogen) atoms. The number of ketones is 1. The van der Waals surface area contributed by atoms with Crippen LogP contribution in [-0.2, 0) is 19.2 Å². The van der Waals surface area contributed by atoms with E-state index in [1.54, 1.807) is 4.90 Å². The molecule has 226 valence electrons. The lowest BCUT2D eigenvalue weighted by Gasteiger charge is -2.39. The van der Waals surface area contributed by atoms with E-state index in [2.05, 4.69) is 35.7 Å². The van der Waals surface area contributed by atoms with E-state index in [4.69, 9.17) is 12.2 Å². The van der Waals surface area contributed by atoms with Crippen LogP contribution in [0.4, 0.5) is 4.79 Å². The van der Waals surface area contributed by atoms with Crippen molar-refractivity contribution in [1.82, 2.24) is 20.9 Å². The van der Waals surface area contributed by atoms with Gasteiger partial charge in [-0.1, -0.05) is 79.1 Å². The number of amides is 5. The lowest BCUT2D eigenvalue weighted by molar-refractivity contribution is -0.145. The van der Waals surface area contributed by atoms with E-state index in [0.717, 1.165) is 38.5 Å². The molecule has 1 saturated heterocycles. The fourth-order valence-corrected chi connectivity index (χ4v) is 7.20. The maximum Gasteiger partial charge on any atom is 0.316 e. The van der Waals surface area contributed by atoms with Crippen LogP contribution in [0.1, 0.15) is 92.4 Å². The standard InChI is InChI=1S/C31H47N5O5/c1-7-31(14-9-8-10-15-31)35-28(41)34-24(29(2,3)4)27(40)36-17-19-21(30(19,5)6)22(36)26(39)33-20(23(37)25(32)38)16-18-12-11-13-18/h1,18-22,24H,8-17H2,2-6H3,(H2,32,38)(H,33,39)(H2,34,35,41)/t19-,20?,21-,22-,24+/m0/s1. The largest absolute Gasteiger partial charge is 0.363 e. The number of carbonyl (C=O) groups excluding carboxylic acids is 5. The van der Waals surface area contributed by atoms with Crippen molar-refractivity contribution in [3.05, 3.63) is 0 Å². The fraction of sp³-hybridized carbons (Fsp3) is 0.774. The van der Waals surface area contributed by atoms with Crippen LogP contribution in [0.25, 0.3) is 0 Å². The third-order valence-electron chi connectivity index (χ3n) is 10.2. The van der Waals surface area contributed by atoms with Crippen LogP contribution in [0.2, 0.25) is 0 Å². The number of carbonyl (C=O) groups is 5. The van der Waals surface area contributed by atoms with Crippen LogP contribution in [0.5, 0.6) is 0 Å². The molecule has 5 N–H and O–H groups in total. The Labute approximate surface area is 243 Å². The monoisotopic (exact) mass is 569 g/mol. The molecule has 3 saturated carbocycles. The number of nitrogens with one attached hydrogen (secondary N) is 3. The van der Waals surface area contributed by atoms with Gasteiger partial charge in [0.25, 0.3) is 5.91 Å². The highest BCUT2D eigenvalue weighted by molar-refractivity contribution is 6.37. The molecule has 1 aliphatic heterocycles. The second-order valence-electron chi connectivity index (χ2n) is 14.4. The molecule has 10 nitrogen and oxygen atoms in total. The van der Waals surface area contributed by atoms with Crippen molar-refractivity contribution < 1.29 is 24.0 Å². The zero-order valence-corrected chi connectivity index (χ0v) is 25.2. The van der Waals surface area contributed by atoms with E-state index in [0.29, 0.717) is 25.8 Å². The van der Waals surface area contributed by atoms with Crippen molar-refractivity contribution in [3.63, 3.8) is 0 Å². The molecule has 5 amide bonds. The summed E-state index contributed by atoms with van der Waals surface area (Å²) in [7, 11) is 0. The van der Waals surface area contributed by atoms with Crippen molar-refractivity contribution in [2.24, 2.45) is 34.3 Å². The van der Waals surface area contributed by atoms with Gasteiger partial charge in [-0.25, -0.2) is 4.79 Å². The van der Waals surface area contributed by atoms with E-state index in [1.807, 2.05) is 20.8 Å². The molecule has 0 bridgehead atoms. The molecule has 4 rings (SSSR count). The van der Waals surface area contributed by atoms with Crippen molar-refractivity contribution in [2.45, 2.75) is 116 Å². The average Bonchev–Trinajstić information content (AvgIpc) is 3.20. The van der Waals surface area contributed by atoms with Gasteiger partial charge >= 0.3 is 6.03 Å². The predicted molar refractivity (Wildman–Crippen MR) is 154 cm³/mol. The highest BCUT2D eigenvalue weighted by Crippen LogP contribution is 2.65. The molecule has 5 atom stereocenters. The SMILES string of the molecule is C#CC1(NC(=O)N[C@H](C(=O)N2C[C@H]3[C@@H]([C@H]2C(=O)NC(CC2CCC2)C(=O)C(N)=O)C3(C)C)C(C)(C)C)CCCCC1. The Morgan fingerprint density at radius 1 is 1.02 bits per heavy atom. The molecule has 0 radical (unpaired) electrons. The van der Waals surface area contributed by atoms with Crippen LogP contribution >= 0.6 is 0 Å². The Hall–Kier alpha value is -3.09. The summed E-state index contributed by atoms with van der Waals surface area (Å²) in [5.74, 6) is 0.319. The first-order valence-electron chi connectivity index (χ1n) is 15.1. The maximum absolute atomic E-state index is 14.1. The van der Waals surface area contributed by atoms with Gasteiger partial charge in [0, 0.05) is 6.54 Å². The topological polar surface area (TPSA) is 151 Å². The molecule has 1 unspecified atom stereocenters. The predicted octanol–water partition coefficient (Wildman–Crippen LogP) is 2.25. The van der Waals surface area contributed by atoms with Crippen molar-refractivity contribution in [3.8, 4) is 12.3 Å². The summed E-state index contributed by atoms with van der Waals surface area (Å²) in [6.07, 6.45) is 13.4. The lowest BCUT2D eigenvalue weighted by Crippen LogP contribution is -2.63. The van der Waals surface area contributed by atoms with Gasteiger partial charge in [0.05, 0.1) is 6.04 Å². The zero-order valence-electron chi connectivity index (χ0n) is 25.2. The smallest absolute Gasteiger partial charge is 0.316 e. The summed E-state index contributed by atoms with van der Waals surface area (Å²) < 4.78 is 0. The van der Waals surface area contributed by atoms with Crippen LogP contribution in [0.15, 0.2) is 0 Å². The molecule has 0 spiro atoms. The number of urea groups is 1. The van der Waals surface area contributed by atoms with E-state index in [1.165, 1.54) is 0 Å². The maximum atomic E-state index is 14.1. The second-order valence-corrected chi connectivity index (χ2v) is 14.4. The van der Waals surface area contributed by atoms with Crippen molar-refractivity contribution in [2.75, 3.05) is 6.54 Å². The number of nitrogens with two attached hydrogens (primary N) is 1. The minimum Gasteiger partial charge on any atom is -0.363 e. The van der Waals surface area contributed by atoms with Crippen LogP contribution in [-0.4, -0.2) is 64.6 Å². The van der Waals surface area contributed by atoms with E-state index < -0.39 is 52.7 Å². The van der Waals surface area contributed by atoms with Gasteiger partial charge in [-0.05, 0) is 47.8 Å². The van der Waals surface area contributed by atoms with Gasteiger partial charge in [0.2, 0.25) is 17.6 Å². The summed E-state index contributed by atoms with van der Waals surface area (Å²) in [4.78, 5) is 67.1. The molecule has 4 fully saturated rings. The third-order valence-corrected chi connectivity index (χ3v) is 10.2. The van der Waals surface area contributed by atoms with Gasteiger partial charge in [-0.15, -0.1) is 6.42 Å². The minimum absolute atomic E-state index is 0.0964. The first kappa shape index (κ1) is 30.9. The number of likely N-dealkylation sites (tertiary alicyclic amines) is 1. The number of rotatable bonds is 9. The Bertz CT molecular complexity index is 1120. The molecule has 4 aliphatic rings. The Morgan fingerprint density at radius 2 is 1.66 bits per heavy atom. The summed E-state index contributed by atoms with van der Waals surface area (Å²) in [5.41, 5.74) is 3.76. The number of piperidine rings is 1. The molecular formula is C31H47N5O5. The van der Waals surface area contributed by atoms with Crippen LogP contribution in [0, 0.1) is 40.9 Å². The van der Waals surface area contributed by atoms with E-state index in [-0.39, 0.29) is 29.1 Å². The lowest BCUT2D eigenvalue weighted by atomic mass is 9.80. The summed E-state index contributed by atoms with van der Waals surface area (Å²) in [6.45, 7) is 10.1. The molecule has 1 heterocycles. The third kappa shape index (κ3) is 6.24. The minimum atomic E-state index is -1.08. The average molecular weight is 570 g/mol. The molecule has 0 aromatic heterocycles. The van der Waals surface area contributed by atoms with Crippen molar-refractivity contribution in [1.29, 1.82) is 0 Å². The Kier molecular flexibility index (Phi) is 8.50. The number of terminal acetylenes is 1. The number of hydrogen-bond donors (Lipinski definition) is 4. The van der Waals surface area contributed by atoms with Gasteiger partial charge in [-0.3, -0.25) is 19.2 Å². The van der Waals surface area contributed by atoms with Gasteiger partial charge in [-0.2, -0.15) is 0 Å². The molecule has 3 aliphatic carbocycles. The van der Waals surface area contributed by atoms with Gasteiger partial charge < -0.3 is 26.6 Å². The number of hydrogen-bond acceptors (Lipinski definition) is 5. The summed E-state index contributed by atoms with van der Waals surface area (Å²) in [6, 6.07) is -3.26. The first-order valence-corrected chi connectivity index (χ1v) is 15.1. The van der Waals surface area contributed by atoms with Gasteiger partial charge in [0.1, 0.15) is 17.6 Å². The van der Waals surface area contributed by atoms with Crippen molar-refractivity contribution >= 4 is 29.5 Å². The quantitative estimate of drug-likeness (QED) is 0.248. The van der Waals surface area contributed by atoms with Gasteiger partial charge in [0.15, 0.2) is 0 Å². The number of primary amides is 1. The van der Waals surface area contributed by atoms with Crippen LogP contribution in [0.3, 0.4) is 0 Å². The Balaban J connectivity index is 1.53. The summed E-state index contributed by atoms with van der Waals surface area (Å²) >= 11 is 0. The highest BCUT2D eigenvalue weighted by atomic mass is 16.2. The molecule has 0 aromatic rings. The molecular weight excluding hydrogens is 522 g/mol. The summed E-state index contributed by atoms with van der Waals surface area (Å²) in [5, 5.41) is 8.64. The highest BCUT2D eigenvalue weighted by Gasteiger charge is 2.70. The normalized spacial score (nSPS) is 27.7. The second kappa shape index (κ2) is 11.3. The zero-order chi connectivity index (χ0) is 30.3. The number of Topliss-reactive ketones (excluding diaryl/α,β-unsaturated/α-hetero) is 1. The number of fused-ring (bicyclic) bond motifs is 1. The van der Waals surface area contributed by atoms with Crippen LogP contribution < -0.4 is 21.7 Å². The molecule has 0 aromatic carbocycles. The van der Waals surface area contributed by atoms with E-state index >= 15 is 0 Å². The fourth-order valence-electron chi connectivity index (χ4n) is 7.20. The van der Waals surface area contributed by atoms with E-state index in [9.17, 15) is 24.0 Å².